The highest BCUT2D eigenvalue weighted by molar-refractivity contribution is 5.84. The van der Waals surface area contributed by atoms with Gasteiger partial charge in [-0.2, -0.15) is 5.10 Å². The fourth-order valence-corrected chi connectivity index (χ4v) is 3.20. The van der Waals surface area contributed by atoms with Crippen molar-refractivity contribution in [3.8, 4) is 45.4 Å². The van der Waals surface area contributed by atoms with E-state index in [9.17, 15) is 5.11 Å². The molecule has 0 aliphatic carbocycles. The van der Waals surface area contributed by atoms with E-state index >= 15 is 0 Å². The number of methoxy groups -OCH3 is 1. The van der Waals surface area contributed by atoms with Gasteiger partial charge in [-0.3, -0.25) is 5.10 Å². The van der Waals surface area contributed by atoms with E-state index in [1.165, 1.54) is 0 Å². The van der Waals surface area contributed by atoms with Crippen LogP contribution in [0.3, 0.4) is 0 Å². The van der Waals surface area contributed by atoms with Gasteiger partial charge in [0, 0.05) is 17.2 Å². The maximum Gasteiger partial charge on any atom is 0.161 e. The normalized spacial score (nSPS) is 12.8. The summed E-state index contributed by atoms with van der Waals surface area (Å²) in [4.78, 5) is 0. The molecule has 0 amide bonds. The predicted octanol–water partition coefficient (Wildman–Crippen LogP) is 3.79. The predicted molar refractivity (Wildman–Crippen MR) is 98.0 cm³/mol. The fraction of sp³-hybridized carbons (Fsp3) is 0.250. The number of H-pyrrole nitrogens is 1. The Labute approximate surface area is 151 Å². The highest BCUT2D eigenvalue weighted by Crippen LogP contribution is 2.41. The third kappa shape index (κ3) is 2.73. The molecule has 4 rings (SSSR count). The smallest absolute Gasteiger partial charge is 0.161 e. The Hall–Kier alpha value is -3.15. The summed E-state index contributed by atoms with van der Waals surface area (Å²) in [6.07, 6.45) is 2.54. The Morgan fingerprint density at radius 2 is 1.92 bits per heavy atom. The number of ether oxygens (including phenoxy) is 3. The van der Waals surface area contributed by atoms with E-state index < -0.39 is 0 Å². The van der Waals surface area contributed by atoms with E-state index in [0.717, 1.165) is 34.6 Å². The molecule has 1 aliphatic heterocycles. The van der Waals surface area contributed by atoms with Gasteiger partial charge in [0.25, 0.3) is 0 Å². The monoisotopic (exact) mass is 352 g/mol. The molecule has 0 fully saturated rings. The van der Waals surface area contributed by atoms with Crippen molar-refractivity contribution in [2.45, 2.75) is 13.3 Å². The van der Waals surface area contributed by atoms with Crippen LogP contribution in [0.1, 0.15) is 12.5 Å². The molecule has 3 aromatic rings. The molecule has 2 heterocycles. The summed E-state index contributed by atoms with van der Waals surface area (Å²) in [5.74, 6) is 2.27. The van der Waals surface area contributed by atoms with Crippen LogP contribution in [0.4, 0.5) is 0 Å². The lowest BCUT2D eigenvalue weighted by Crippen LogP contribution is -2.15. The standard InChI is InChI=1S/C20H20N2O4/c1-3-12-8-14(16(23)10-18(12)24-2)20-15(11-21-22-20)13-4-5-17-19(9-13)26-7-6-25-17/h4-5,8-11,23H,3,6-7H2,1-2H3,(H,21,22). The first-order valence-corrected chi connectivity index (χ1v) is 8.55. The molecule has 0 saturated carbocycles. The molecule has 1 aromatic heterocycles. The van der Waals surface area contributed by atoms with Gasteiger partial charge in [-0.05, 0) is 35.7 Å². The van der Waals surface area contributed by atoms with Crippen LogP contribution in [0.15, 0.2) is 36.5 Å². The first-order chi connectivity index (χ1) is 12.7. The number of aromatic nitrogens is 2. The number of hydrogen-bond acceptors (Lipinski definition) is 5. The number of benzene rings is 2. The molecule has 0 saturated heterocycles. The van der Waals surface area contributed by atoms with Crippen LogP contribution in [-0.2, 0) is 6.42 Å². The molecule has 0 atom stereocenters. The number of nitrogens with one attached hydrogen (secondary N) is 1. The van der Waals surface area contributed by atoms with Crippen LogP contribution in [0.5, 0.6) is 23.0 Å². The number of aryl methyl sites for hydroxylation is 1. The second-order valence-electron chi connectivity index (χ2n) is 6.05. The van der Waals surface area contributed by atoms with Crippen molar-refractivity contribution < 1.29 is 19.3 Å². The number of hydrogen-bond donors (Lipinski definition) is 2. The largest absolute Gasteiger partial charge is 0.507 e. The molecule has 0 bridgehead atoms. The lowest BCUT2D eigenvalue weighted by Gasteiger charge is -2.19. The van der Waals surface area contributed by atoms with E-state index in [1.54, 1.807) is 19.4 Å². The van der Waals surface area contributed by atoms with Gasteiger partial charge in [0.2, 0.25) is 0 Å². The quantitative estimate of drug-likeness (QED) is 0.747. The molecule has 0 spiro atoms. The van der Waals surface area contributed by atoms with Crippen molar-refractivity contribution in [1.29, 1.82) is 0 Å². The van der Waals surface area contributed by atoms with Crippen LogP contribution in [0.25, 0.3) is 22.4 Å². The molecule has 6 heteroatoms. The molecule has 134 valence electrons. The molecule has 2 N–H and O–H groups in total. The van der Waals surface area contributed by atoms with Gasteiger partial charge < -0.3 is 19.3 Å². The number of phenols is 1. The molecular weight excluding hydrogens is 332 g/mol. The molecule has 0 radical (unpaired) electrons. The number of rotatable bonds is 4. The van der Waals surface area contributed by atoms with Crippen LogP contribution in [0, 0.1) is 0 Å². The van der Waals surface area contributed by atoms with Crippen molar-refractivity contribution in [2.24, 2.45) is 0 Å². The molecule has 26 heavy (non-hydrogen) atoms. The Morgan fingerprint density at radius 1 is 1.12 bits per heavy atom. The van der Waals surface area contributed by atoms with Crippen LogP contribution >= 0.6 is 0 Å². The SMILES string of the molecule is CCc1cc(-c2[nH]ncc2-c2ccc3c(c2)OCCO3)c(O)cc1OC. The minimum absolute atomic E-state index is 0.141. The van der Waals surface area contributed by atoms with Crippen molar-refractivity contribution >= 4 is 0 Å². The second-order valence-corrected chi connectivity index (χ2v) is 6.05. The number of aromatic hydroxyl groups is 1. The van der Waals surface area contributed by atoms with E-state index in [2.05, 4.69) is 10.2 Å². The lowest BCUT2D eigenvalue weighted by atomic mass is 9.98. The van der Waals surface area contributed by atoms with Crippen molar-refractivity contribution in [3.63, 3.8) is 0 Å². The number of phenolic OH excluding ortho intramolecular Hbond substituents is 1. The minimum atomic E-state index is 0.141. The van der Waals surface area contributed by atoms with Crippen LogP contribution in [-0.4, -0.2) is 35.6 Å². The van der Waals surface area contributed by atoms with Crippen molar-refractivity contribution in [3.05, 3.63) is 42.1 Å². The van der Waals surface area contributed by atoms with Gasteiger partial charge in [0.05, 0.1) is 19.0 Å². The number of nitrogens with zero attached hydrogens (tertiary/aromatic N) is 1. The Bertz CT molecular complexity index is 949. The third-order valence-electron chi connectivity index (χ3n) is 4.54. The zero-order chi connectivity index (χ0) is 18.1. The first-order valence-electron chi connectivity index (χ1n) is 8.55. The van der Waals surface area contributed by atoms with E-state index in [4.69, 9.17) is 14.2 Å². The summed E-state index contributed by atoms with van der Waals surface area (Å²) in [6, 6.07) is 9.37. The van der Waals surface area contributed by atoms with E-state index in [0.29, 0.717) is 30.3 Å². The average Bonchev–Trinajstić information content (AvgIpc) is 3.16. The van der Waals surface area contributed by atoms with Gasteiger partial charge in [-0.25, -0.2) is 0 Å². The summed E-state index contributed by atoms with van der Waals surface area (Å²) < 4.78 is 16.6. The Balaban J connectivity index is 1.81. The van der Waals surface area contributed by atoms with E-state index in [1.807, 2.05) is 31.2 Å². The summed E-state index contributed by atoms with van der Waals surface area (Å²) >= 11 is 0. The summed E-state index contributed by atoms with van der Waals surface area (Å²) in [6.45, 7) is 3.14. The maximum absolute atomic E-state index is 10.5. The first kappa shape index (κ1) is 16.3. The van der Waals surface area contributed by atoms with Crippen molar-refractivity contribution in [1.82, 2.24) is 10.2 Å². The van der Waals surface area contributed by atoms with Gasteiger partial charge in [0.15, 0.2) is 11.5 Å². The second kappa shape index (κ2) is 6.63. The lowest BCUT2D eigenvalue weighted by molar-refractivity contribution is 0.171. The molecule has 2 aromatic carbocycles. The Morgan fingerprint density at radius 3 is 2.69 bits per heavy atom. The zero-order valence-corrected chi connectivity index (χ0v) is 14.7. The molecule has 1 aliphatic rings. The van der Waals surface area contributed by atoms with Gasteiger partial charge in [-0.15, -0.1) is 0 Å². The number of aromatic amines is 1. The van der Waals surface area contributed by atoms with Gasteiger partial charge in [-0.1, -0.05) is 13.0 Å². The average molecular weight is 352 g/mol. The van der Waals surface area contributed by atoms with Crippen molar-refractivity contribution in [2.75, 3.05) is 20.3 Å². The van der Waals surface area contributed by atoms with Crippen LogP contribution in [0.2, 0.25) is 0 Å². The molecule has 6 nitrogen and oxygen atoms in total. The third-order valence-corrected chi connectivity index (χ3v) is 4.54. The highest BCUT2D eigenvalue weighted by Gasteiger charge is 2.19. The molecular formula is C20H20N2O4. The maximum atomic E-state index is 10.5. The number of fused-ring (bicyclic) bond motifs is 1. The zero-order valence-electron chi connectivity index (χ0n) is 14.7. The highest BCUT2D eigenvalue weighted by atomic mass is 16.6. The minimum Gasteiger partial charge on any atom is -0.507 e. The topological polar surface area (TPSA) is 76.6 Å². The van der Waals surface area contributed by atoms with E-state index in [-0.39, 0.29) is 5.75 Å². The van der Waals surface area contributed by atoms with Gasteiger partial charge >= 0.3 is 0 Å². The molecule has 0 unspecified atom stereocenters. The summed E-state index contributed by atoms with van der Waals surface area (Å²) in [5, 5.41) is 17.7. The Kier molecular flexibility index (Phi) is 4.16. The van der Waals surface area contributed by atoms with Gasteiger partial charge in [0.1, 0.15) is 24.7 Å². The summed E-state index contributed by atoms with van der Waals surface area (Å²) in [7, 11) is 1.60. The fourth-order valence-electron chi connectivity index (χ4n) is 3.20. The summed E-state index contributed by atoms with van der Waals surface area (Å²) in [5.41, 5.74) is 4.26. The van der Waals surface area contributed by atoms with Crippen LogP contribution < -0.4 is 14.2 Å².